The average molecular weight is 616 g/mol. The lowest BCUT2D eigenvalue weighted by Crippen LogP contribution is -2.49. The molecule has 0 amide bonds. The number of sulfonamides is 1. The number of fused-ring (bicyclic) bond motifs is 3. The van der Waals surface area contributed by atoms with E-state index in [1.165, 1.54) is 11.1 Å². The van der Waals surface area contributed by atoms with Gasteiger partial charge in [0.25, 0.3) is 0 Å². The number of aryl methyl sites for hydroxylation is 1. The molecule has 0 bridgehead atoms. The highest BCUT2D eigenvalue weighted by Crippen LogP contribution is 2.47. The molecule has 226 valence electrons. The molecule has 0 saturated heterocycles. The zero-order valence-electron chi connectivity index (χ0n) is 23.8. The largest absolute Gasteiger partial charge is 0.490 e. The van der Waals surface area contributed by atoms with E-state index in [0.717, 1.165) is 61.6 Å². The van der Waals surface area contributed by atoms with Gasteiger partial charge in [0.05, 0.1) is 28.8 Å². The number of nitrogens with two attached hydrogens (primary N) is 1. The van der Waals surface area contributed by atoms with Crippen LogP contribution in [0.2, 0.25) is 5.02 Å². The number of carboxylic acid groups (broad SMARTS) is 1. The summed E-state index contributed by atoms with van der Waals surface area (Å²) in [5.74, 6) is 0.403. The Hall–Kier alpha value is -2.82. The highest BCUT2D eigenvalue weighted by atomic mass is 35.5. The van der Waals surface area contributed by atoms with Crippen molar-refractivity contribution < 1.29 is 27.9 Å². The second-order valence-corrected chi connectivity index (χ2v) is 15.0. The summed E-state index contributed by atoms with van der Waals surface area (Å²) >= 11 is 6.37. The molecular formula is C31H38ClN3O6S. The molecule has 1 saturated carbocycles. The first-order chi connectivity index (χ1) is 20.0. The Bertz CT molecular complexity index is 1510. The van der Waals surface area contributed by atoms with Crippen molar-refractivity contribution in [2.24, 2.45) is 22.1 Å². The van der Waals surface area contributed by atoms with E-state index in [-0.39, 0.29) is 17.1 Å². The van der Waals surface area contributed by atoms with E-state index in [0.29, 0.717) is 43.5 Å². The third-order valence-corrected chi connectivity index (χ3v) is 11.4. The number of nitrogens with zero attached hydrogens (tertiary/aromatic N) is 2. The normalized spacial score (nSPS) is 27.5. The molecule has 5 atom stereocenters. The highest BCUT2D eigenvalue weighted by Gasteiger charge is 2.45. The van der Waals surface area contributed by atoms with Crippen molar-refractivity contribution in [3.8, 4) is 5.75 Å². The van der Waals surface area contributed by atoms with E-state index in [1.807, 2.05) is 6.07 Å². The summed E-state index contributed by atoms with van der Waals surface area (Å²) in [5.41, 5.74) is 4.24. The van der Waals surface area contributed by atoms with Crippen molar-refractivity contribution in [1.82, 2.24) is 0 Å². The first-order valence-electron chi connectivity index (χ1n) is 14.8. The first-order valence-corrected chi connectivity index (χ1v) is 16.8. The van der Waals surface area contributed by atoms with Crippen LogP contribution >= 0.6 is 11.6 Å². The lowest BCUT2D eigenvalue weighted by atomic mass is 9.68. The van der Waals surface area contributed by atoms with Gasteiger partial charge >= 0.3 is 5.97 Å². The summed E-state index contributed by atoms with van der Waals surface area (Å²) < 4.78 is 29.7. The Balaban J connectivity index is 1.22. The molecule has 9 nitrogen and oxygen atoms in total. The molecule has 2 aromatic carbocycles. The van der Waals surface area contributed by atoms with Gasteiger partial charge in [0.2, 0.25) is 10.0 Å². The standard InChI is InChI=1S/C31H38ClN3O6S/c1-19(42(33,38)39)4-8-24-15-29(41-34-24)25-9-5-22(25)16-35-17-31(12-2-3-20-13-23(32)7-10-26(20)31)18-40-28-11-6-21(30(36)37)14-27(28)35/h6-7,10-11,13-14,19,22,25,29H,2-5,8-9,12,15-18H2,1H3,(H,36,37)(H2,33,38,39)/t19-,22+,25-,29-,31?/m1/s1. The molecule has 2 aliphatic heterocycles. The number of aromatic carboxylic acids is 1. The number of halogens is 1. The van der Waals surface area contributed by atoms with Gasteiger partial charge in [-0.05, 0) is 99.2 Å². The van der Waals surface area contributed by atoms with Crippen LogP contribution in [-0.4, -0.2) is 56.3 Å². The minimum Gasteiger partial charge on any atom is -0.490 e. The molecule has 4 aliphatic rings. The minimum atomic E-state index is -3.57. The Labute approximate surface area is 252 Å². The van der Waals surface area contributed by atoms with Crippen LogP contribution in [0.3, 0.4) is 0 Å². The highest BCUT2D eigenvalue weighted by molar-refractivity contribution is 7.89. The fraction of sp³-hybridized carbons (Fsp3) is 0.548. The van der Waals surface area contributed by atoms with Crippen molar-refractivity contribution in [3.05, 3.63) is 58.1 Å². The maximum Gasteiger partial charge on any atom is 0.335 e. The van der Waals surface area contributed by atoms with Gasteiger partial charge in [-0.3, -0.25) is 0 Å². The van der Waals surface area contributed by atoms with Crippen molar-refractivity contribution in [3.63, 3.8) is 0 Å². The smallest absolute Gasteiger partial charge is 0.335 e. The van der Waals surface area contributed by atoms with E-state index >= 15 is 0 Å². The van der Waals surface area contributed by atoms with E-state index < -0.39 is 21.2 Å². The van der Waals surface area contributed by atoms with Crippen molar-refractivity contribution in [1.29, 1.82) is 0 Å². The summed E-state index contributed by atoms with van der Waals surface area (Å²) in [4.78, 5) is 20.2. The number of oxime groups is 1. The molecule has 42 heavy (non-hydrogen) atoms. The van der Waals surface area contributed by atoms with Crippen molar-refractivity contribution in [2.45, 2.75) is 75.1 Å². The maximum absolute atomic E-state index is 11.9. The molecule has 1 spiro atoms. The Morgan fingerprint density at radius 1 is 1.26 bits per heavy atom. The zero-order chi connectivity index (χ0) is 29.6. The first kappa shape index (κ1) is 29.3. The number of carboxylic acids is 1. The third-order valence-electron chi connectivity index (χ3n) is 9.85. The fourth-order valence-corrected chi connectivity index (χ4v) is 7.84. The minimum absolute atomic E-state index is 0.0388. The fourth-order valence-electron chi connectivity index (χ4n) is 7.20. The number of anilines is 1. The lowest BCUT2D eigenvalue weighted by Gasteiger charge is -2.45. The van der Waals surface area contributed by atoms with Crippen molar-refractivity contribution in [2.75, 3.05) is 24.6 Å². The number of hydrogen-bond acceptors (Lipinski definition) is 7. The van der Waals surface area contributed by atoms with Gasteiger partial charge in [-0.1, -0.05) is 22.8 Å². The number of carbonyl (C=O) groups is 1. The van der Waals surface area contributed by atoms with Crippen LogP contribution in [-0.2, 0) is 26.7 Å². The molecule has 0 aromatic heterocycles. The number of hydrogen-bond donors (Lipinski definition) is 2. The Kier molecular flexibility index (Phi) is 7.91. The SMILES string of the molecule is C[C@H](CCC1=NO[C@@H]([C@@H]2CC[C@H]2CN2CC3(CCCc4cc(Cl)ccc43)COc3ccc(C(=O)O)cc32)C1)S(N)(=O)=O. The predicted molar refractivity (Wildman–Crippen MR) is 162 cm³/mol. The number of primary sulfonamides is 1. The molecule has 2 aromatic rings. The maximum atomic E-state index is 11.9. The van der Waals surface area contributed by atoms with Crippen LogP contribution in [0.4, 0.5) is 5.69 Å². The van der Waals surface area contributed by atoms with Gasteiger partial charge in [0.15, 0.2) is 0 Å². The van der Waals surface area contributed by atoms with Gasteiger partial charge in [0, 0.05) is 35.9 Å². The average Bonchev–Trinajstić information content (AvgIpc) is 3.33. The molecule has 3 N–H and O–H groups in total. The van der Waals surface area contributed by atoms with E-state index in [4.69, 9.17) is 26.3 Å². The summed E-state index contributed by atoms with van der Waals surface area (Å²) in [7, 11) is -3.57. The predicted octanol–water partition coefficient (Wildman–Crippen LogP) is 5.14. The summed E-state index contributed by atoms with van der Waals surface area (Å²) in [6.45, 7) is 3.62. The van der Waals surface area contributed by atoms with E-state index in [1.54, 1.807) is 25.1 Å². The summed E-state index contributed by atoms with van der Waals surface area (Å²) in [5, 5.41) is 19.5. The van der Waals surface area contributed by atoms with Crippen LogP contribution in [0.15, 0.2) is 41.6 Å². The summed E-state index contributed by atoms with van der Waals surface area (Å²) in [6.07, 6.45) is 6.70. The van der Waals surface area contributed by atoms with Crippen LogP contribution in [0.5, 0.6) is 5.75 Å². The van der Waals surface area contributed by atoms with Gasteiger partial charge in [-0.2, -0.15) is 0 Å². The van der Waals surface area contributed by atoms with Gasteiger partial charge in [-0.15, -0.1) is 0 Å². The van der Waals surface area contributed by atoms with Gasteiger partial charge in [-0.25, -0.2) is 18.4 Å². The molecule has 0 radical (unpaired) electrons. The van der Waals surface area contributed by atoms with E-state index in [2.05, 4.69) is 22.2 Å². The quantitative estimate of drug-likeness (QED) is 0.420. The van der Waals surface area contributed by atoms with Gasteiger partial charge < -0.3 is 19.6 Å². The molecule has 6 rings (SSSR count). The monoisotopic (exact) mass is 615 g/mol. The third kappa shape index (κ3) is 5.73. The molecule has 2 heterocycles. The number of benzene rings is 2. The van der Waals surface area contributed by atoms with Crippen LogP contribution in [0.1, 0.15) is 73.4 Å². The molecular weight excluding hydrogens is 578 g/mol. The Morgan fingerprint density at radius 3 is 2.83 bits per heavy atom. The second-order valence-electron chi connectivity index (χ2n) is 12.5. The number of rotatable bonds is 8. The molecule has 1 unspecified atom stereocenters. The number of ether oxygens (including phenoxy) is 1. The van der Waals surface area contributed by atoms with Crippen LogP contribution < -0.4 is 14.8 Å². The van der Waals surface area contributed by atoms with Crippen LogP contribution in [0, 0.1) is 11.8 Å². The lowest BCUT2D eigenvalue weighted by molar-refractivity contribution is -0.0213. The molecule has 2 aliphatic carbocycles. The van der Waals surface area contributed by atoms with Gasteiger partial charge in [0.1, 0.15) is 11.9 Å². The topological polar surface area (TPSA) is 132 Å². The van der Waals surface area contributed by atoms with Crippen LogP contribution in [0.25, 0.3) is 0 Å². The molecule has 11 heteroatoms. The molecule has 1 fully saturated rings. The zero-order valence-corrected chi connectivity index (χ0v) is 25.4. The van der Waals surface area contributed by atoms with E-state index in [9.17, 15) is 18.3 Å². The Morgan fingerprint density at radius 2 is 2.10 bits per heavy atom. The summed E-state index contributed by atoms with van der Waals surface area (Å²) in [6, 6.07) is 11.3. The van der Waals surface area contributed by atoms with Crippen molar-refractivity contribution >= 4 is 39.0 Å². The second kappa shape index (κ2) is 11.4.